The lowest BCUT2D eigenvalue weighted by molar-refractivity contribution is 0.0997. The minimum absolute atomic E-state index is 0.0392. The van der Waals surface area contributed by atoms with E-state index in [-0.39, 0.29) is 12.2 Å². The quantitative estimate of drug-likeness (QED) is 0.644. The number of nitrogens with zero attached hydrogens (tertiary/aromatic N) is 1. The highest BCUT2D eigenvalue weighted by atomic mass is 16.1. The Hall–Kier alpha value is -1.62. The molecule has 1 aromatic rings. The van der Waals surface area contributed by atoms with Crippen molar-refractivity contribution >= 4 is 5.78 Å². The van der Waals surface area contributed by atoms with Gasteiger partial charge in [-0.05, 0) is 31.0 Å². The fourth-order valence-electron chi connectivity index (χ4n) is 1.09. The number of carbonyl (C=O) groups excluding carboxylic acids is 1. The van der Waals surface area contributed by atoms with E-state index in [0.717, 1.165) is 11.1 Å². The third-order valence-corrected chi connectivity index (χ3v) is 2.07. The lowest BCUT2D eigenvalue weighted by atomic mass is 10.0. The maximum Gasteiger partial charge on any atom is 0.176 e. The Bertz CT molecular complexity index is 374. The molecule has 0 fully saturated rings. The highest BCUT2D eigenvalue weighted by molar-refractivity contribution is 5.97. The summed E-state index contributed by atoms with van der Waals surface area (Å²) in [4.78, 5) is 11.3. The largest absolute Gasteiger partial charge is 0.293 e. The average molecular weight is 173 g/mol. The van der Waals surface area contributed by atoms with Crippen LogP contribution in [0.4, 0.5) is 0 Å². The topological polar surface area (TPSA) is 40.9 Å². The van der Waals surface area contributed by atoms with Crippen molar-refractivity contribution in [3.63, 3.8) is 0 Å². The molecule has 66 valence electrons. The summed E-state index contributed by atoms with van der Waals surface area (Å²) in [5.74, 6) is -0.106. The van der Waals surface area contributed by atoms with E-state index >= 15 is 0 Å². The number of hydrogen-bond donors (Lipinski definition) is 0. The molecule has 2 heteroatoms. The zero-order valence-electron chi connectivity index (χ0n) is 7.79. The van der Waals surface area contributed by atoms with Crippen LogP contribution in [-0.2, 0) is 0 Å². The second kappa shape index (κ2) is 3.86. The first kappa shape index (κ1) is 9.47. The van der Waals surface area contributed by atoms with Crippen LogP contribution in [0.25, 0.3) is 0 Å². The lowest BCUT2D eigenvalue weighted by Gasteiger charge is -2.01. The molecule has 0 amide bonds. The van der Waals surface area contributed by atoms with Crippen LogP contribution in [0.2, 0.25) is 0 Å². The molecular formula is C11H11NO. The van der Waals surface area contributed by atoms with Gasteiger partial charge in [0.1, 0.15) is 0 Å². The van der Waals surface area contributed by atoms with E-state index in [2.05, 4.69) is 0 Å². The fraction of sp³-hybridized carbons (Fsp3) is 0.273. The maximum atomic E-state index is 11.3. The van der Waals surface area contributed by atoms with Crippen LogP contribution in [0, 0.1) is 25.2 Å². The number of carbonyl (C=O) groups is 1. The molecule has 0 heterocycles. The van der Waals surface area contributed by atoms with Gasteiger partial charge >= 0.3 is 0 Å². The van der Waals surface area contributed by atoms with E-state index in [1.54, 1.807) is 6.07 Å². The molecule has 0 spiro atoms. The van der Waals surface area contributed by atoms with Crippen molar-refractivity contribution in [1.82, 2.24) is 0 Å². The standard InChI is InChI=1S/C11H11NO/c1-8-3-4-10(7-9(8)2)11(13)5-6-12/h3-4,7H,5H2,1-2H3. The second-order valence-electron chi connectivity index (χ2n) is 3.06. The highest BCUT2D eigenvalue weighted by Crippen LogP contribution is 2.11. The van der Waals surface area contributed by atoms with Gasteiger partial charge in [0.25, 0.3) is 0 Å². The average Bonchev–Trinajstić information content (AvgIpc) is 2.10. The number of Topliss-reactive ketones (excluding diaryl/α,β-unsaturated/α-hetero) is 1. The summed E-state index contributed by atoms with van der Waals surface area (Å²) in [5, 5.41) is 8.35. The molecule has 0 saturated heterocycles. The van der Waals surface area contributed by atoms with E-state index in [4.69, 9.17) is 5.26 Å². The summed E-state index contributed by atoms with van der Waals surface area (Å²) >= 11 is 0. The number of benzene rings is 1. The summed E-state index contributed by atoms with van der Waals surface area (Å²) < 4.78 is 0. The SMILES string of the molecule is Cc1ccc(C(=O)CC#N)cc1C. The molecule has 1 aromatic carbocycles. The van der Waals surface area contributed by atoms with Crippen LogP contribution >= 0.6 is 0 Å². The summed E-state index contributed by atoms with van der Waals surface area (Å²) in [7, 11) is 0. The van der Waals surface area contributed by atoms with Gasteiger partial charge in [0, 0.05) is 5.56 Å². The van der Waals surface area contributed by atoms with E-state index in [1.165, 1.54) is 0 Å². The molecule has 1 rings (SSSR count). The number of ketones is 1. The Kier molecular flexibility index (Phi) is 2.81. The first-order valence-electron chi connectivity index (χ1n) is 4.12. The van der Waals surface area contributed by atoms with Crippen LogP contribution in [-0.4, -0.2) is 5.78 Å². The van der Waals surface area contributed by atoms with Gasteiger partial charge in [-0.1, -0.05) is 12.1 Å². The highest BCUT2D eigenvalue weighted by Gasteiger charge is 2.05. The van der Waals surface area contributed by atoms with Crippen molar-refractivity contribution in [2.45, 2.75) is 20.3 Å². The molecule has 0 aliphatic heterocycles. The Balaban J connectivity index is 2.98. The van der Waals surface area contributed by atoms with Crippen molar-refractivity contribution in [3.05, 3.63) is 34.9 Å². The van der Waals surface area contributed by atoms with Crippen LogP contribution in [0.15, 0.2) is 18.2 Å². The van der Waals surface area contributed by atoms with Gasteiger partial charge in [-0.15, -0.1) is 0 Å². The van der Waals surface area contributed by atoms with Crippen molar-refractivity contribution in [2.24, 2.45) is 0 Å². The predicted molar refractivity (Wildman–Crippen MR) is 50.5 cm³/mol. The third-order valence-electron chi connectivity index (χ3n) is 2.07. The molecular weight excluding hydrogens is 162 g/mol. The Morgan fingerprint density at radius 2 is 2.08 bits per heavy atom. The van der Waals surface area contributed by atoms with E-state index < -0.39 is 0 Å². The molecule has 0 aliphatic carbocycles. The Labute approximate surface area is 77.8 Å². The maximum absolute atomic E-state index is 11.3. The van der Waals surface area contributed by atoms with Gasteiger partial charge in [-0.3, -0.25) is 4.79 Å². The zero-order chi connectivity index (χ0) is 9.84. The van der Waals surface area contributed by atoms with Gasteiger partial charge in [0.15, 0.2) is 5.78 Å². The van der Waals surface area contributed by atoms with E-state index in [0.29, 0.717) is 5.56 Å². The molecule has 0 aromatic heterocycles. The first-order valence-corrected chi connectivity index (χ1v) is 4.12. The van der Waals surface area contributed by atoms with Crippen molar-refractivity contribution in [3.8, 4) is 6.07 Å². The van der Waals surface area contributed by atoms with Crippen molar-refractivity contribution in [2.75, 3.05) is 0 Å². The Morgan fingerprint density at radius 1 is 1.38 bits per heavy atom. The van der Waals surface area contributed by atoms with Gasteiger partial charge in [0.2, 0.25) is 0 Å². The Morgan fingerprint density at radius 3 is 2.62 bits per heavy atom. The van der Waals surface area contributed by atoms with Crippen molar-refractivity contribution in [1.29, 1.82) is 5.26 Å². The molecule has 2 nitrogen and oxygen atoms in total. The first-order chi connectivity index (χ1) is 6.15. The monoisotopic (exact) mass is 173 g/mol. The number of hydrogen-bond acceptors (Lipinski definition) is 2. The van der Waals surface area contributed by atoms with Gasteiger partial charge in [0.05, 0.1) is 12.5 Å². The minimum Gasteiger partial charge on any atom is -0.293 e. The van der Waals surface area contributed by atoms with Crippen LogP contribution < -0.4 is 0 Å². The second-order valence-corrected chi connectivity index (χ2v) is 3.06. The molecule has 0 saturated carbocycles. The van der Waals surface area contributed by atoms with E-state index in [9.17, 15) is 4.79 Å². The minimum atomic E-state index is -0.106. The van der Waals surface area contributed by atoms with Gasteiger partial charge in [-0.2, -0.15) is 5.26 Å². The van der Waals surface area contributed by atoms with Crippen molar-refractivity contribution < 1.29 is 4.79 Å². The molecule has 0 atom stereocenters. The van der Waals surface area contributed by atoms with Gasteiger partial charge in [-0.25, -0.2) is 0 Å². The van der Waals surface area contributed by atoms with Crippen LogP contribution in [0.3, 0.4) is 0 Å². The predicted octanol–water partition coefficient (Wildman–Crippen LogP) is 2.40. The van der Waals surface area contributed by atoms with Crippen LogP contribution in [0.1, 0.15) is 27.9 Å². The smallest absolute Gasteiger partial charge is 0.176 e. The summed E-state index contributed by atoms with van der Waals surface area (Å²) in [6.45, 7) is 3.95. The lowest BCUT2D eigenvalue weighted by Crippen LogP contribution is -1.98. The summed E-state index contributed by atoms with van der Waals surface area (Å²) in [6, 6.07) is 7.35. The summed E-state index contributed by atoms with van der Waals surface area (Å²) in [5.41, 5.74) is 2.88. The molecule has 0 radical (unpaired) electrons. The fourth-order valence-corrected chi connectivity index (χ4v) is 1.09. The molecule has 0 aliphatic rings. The number of nitriles is 1. The molecule has 13 heavy (non-hydrogen) atoms. The number of aryl methyl sites for hydroxylation is 2. The van der Waals surface area contributed by atoms with Crippen LogP contribution in [0.5, 0.6) is 0 Å². The molecule has 0 N–H and O–H groups in total. The van der Waals surface area contributed by atoms with Gasteiger partial charge < -0.3 is 0 Å². The molecule has 0 bridgehead atoms. The normalized spacial score (nSPS) is 9.31. The zero-order valence-corrected chi connectivity index (χ0v) is 7.79. The molecule has 0 unspecified atom stereocenters. The number of rotatable bonds is 2. The summed E-state index contributed by atoms with van der Waals surface area (Å²) in [6.07, 6.45) is -0.0392. The van der Waals surface area contributed by atoms with E-state index in [1.807, 2.05) is 32.0 Å². The third kappa shape index (κ3) is 2.16.